The molecule has 4 rings (SSSR count). The summed E-state index contributed by atoms with van der Waals surface area (Å²) in [4.78, 5) is 25.1. The first-order chi connectivity index (χ1) is 13.0. The Morgan fingerprint density at radius 2 is 2.07 bits per heavy atom. The Kier molecular flexibility index (Phi) is 5.44. The summed E-state index contributed by atoms with van der Waals surface area (Å²) in [5.41, 5.74) is 0.928. The summed E-state index contributed by atoms with van der Waals surface area (Å²) in [6.07, 6.45) is 5.76. The molecule has 1 heterocycles. The smallest absolute Gasteiger partial charge is 0.243 e. The van der Waals surface area contributed by atoms with Crippen LogP contribution < -0.4 is 10.6 Å². The van der Waals surface area contributed by atoms with Gasteiger partial charge in [0.25, 0.3) is 0 Å². The molecule has 146 valence electrons. The molecule has 27 heavy (non-hydrogen) atoms. The Morgan fingerprint density at radius 3 is 2.70 bits per heavy atom. The fourth-order valence-electron chi connectivity index (χ4n) is 5.06. The minimum absolute atomic E-state index is 0.0636. The molecule has 1 aromatic carbocycles. The topological polar surface area (TPSA) is 58.2 Å². The summed E-state index contributed by atoms with van der Waals surface area (Å²) in [6, 6.07) is 5.94. The monoisotopic (exact) mass is 390 g/mol. The zero-order valence-corrected chi connectivity index (χ0v) is 16.4. The second-order valence-electron chi connectivity index (χ2n) is 8.35. The predicted octanol–water partition coefficient (Wildman–Crippen LogP) is 2.91. The number of rotatable bonds is 5. The van der Waals surface area contributed by atoms with Crippen LogP contribution in [0.25, 0.3) is 0 Å². The van der Waals surface area contributed by atoms with Gasteiger partial charge in [-0.3, -0.25) is 9.59 Å². The molecule has 3 fully saturated rings. The van der Waals surface area contributed by atoms with Crippen LogP contribution in [0, 0.1) is 23.6 Å². The number of nitrogens with one attached hydrogen (secondary N) is 2. The van der Waals surface area contributed by atoms with Crippen molar-refractivity contribution in [3.63, 3.8) is 0 Å². The van der Waals surface area contributed by atoms with Gasteiger partial charge in [0.2, 0.25) is 11.8 Å². The Hall–Kier alpha value is -1.56. The van der Waals surface area contributed by atoms with Gasteiger partial charge in [-0.2, -0.15) is 0 Å². The van der Waals surface area contributed by atoms with Crippen LogP contribution in [0.15, 0.2) is 24.3 Å². The molecule has 2 saturated carbocycles. The summed E-state index contributed by atoms with van der Waals surface area (Å²) >= 11 is 1.51. The molecular weight excluding hydrogens is 363 g/mol. The second kappa shape index (κ2) is 7.82. The summed E-state index contributed by atoms with van der Waals surface area (Å²) < 4.78 is 13.0. The quantitative estimate of drug-likeness (QED) is 0.813. The standard InChI is InChI=1S/C21H27FN2O2S/c1-12(17-9-14-2-5-15(17)8-14)23-20(25)18-11-27-19(21(26)24-18)10-13-3-6-16(22)7-4-13/h3-4,6-7,12,14-15,17-19H,2,5,8-11H2,1H3,(H,23,25)(H,24,26)/t12-,14+,15+,17+,18-,19+/m0/s1. The van der Waals surface area contributed by atoms with Gasteiger partial charge in [0.1, 0.15) is 11.9 Å². The number of hydrogen-bond acceptors (Lipinski definition) is 3. The van der Waals surface area contributed by atoms with Gasteiger partial charge < -0.3 is 10.6 Å². The molecule has 2 amide bonds. The molecule has 6 heteroatoms. The van der Waals surface area contributed by atoms with Crippen LogP contribution in [-0.4, -0.2) is 34.9 Å². The van der Waals surface area contributed by atoms with E-state index in [0.717, 1.165) is 17.4 Å². The molecule has 2 aliphatic carbocycles. The van der Waals surface area contributed by atoms with Crippen molar-refractivity contribution in [2.24, 2.45) is 17.8 Å². The molecule has 1 saturated heterocycles. The van der Waals surface area contributed by atoms with E-state index in [2.05, 4.69) is 17.6 Å². The molecular formula is C21H27FN2O2S. The minimum atomic E-state index is -0.465. The van der Waals surface area contributed by atoms with Gasteiger partial charge in [-0.15, -0.1) is 11.8 Å². The fraction of sp³-hybridized carbons (Fsp3) is 0.619. The van der Waals surface area contributed by atoms with E-state index in [1.54, 1.807) is 12.1 Å². The zero-order valence-electron chi connectivity index (χ0n) is 15.6. The largest absolute Gasteiger partial charge is 0.352 e. The van der Waals surface area contributed by atoms with E-state index in [-0.39, 0.29) is 28.9 Å². The molecule has 1 aromatic rings. The van der Waals surface area contributed by atoms with Gasteiger partial charge >= 0.3 is 0 Å². The number of hydrogen-bond donors (Lipinski definition) is 2. The van der Waals surface area contributed by atoms with Crippen LogP contribution in [0.3, 0.4) is 0 Å². The van der Waals surface area contributed by atoms with Crippen molar-refractivity contribution in [2.75, 3.05) is 5.75 Å². The summed E-state index contributed by atoms with van der Waals surface area (Å²) in [5.74, 6) is 2.34. The first-order valence-corrected chi connectivity index (χ1v) is 11.0. The first kappa shape index (κ1) is 18.8. The Labute approximate surface area is 164 Å². The maximum atomic E-state index is 13.0. The number of carbonyl (C=O) groups is 2. The molecule has 2 bridgehead atoms. The second-order valence-corrected chi connectivity index (χ2v) is 9.59. The lowest BCUT2D eigenvalue weighted by atomic mass is 9.84. The van der Waals surface area contributed by atoms with E-state index in [1.807, 2.05) is 0 Å². The number of amides is 2. The predicted molar refractivity (Wildman–Crippen MR) is 105 cm³/mol. The molecule has 0 unspecified atom stereocenters. The van der Waals surface area contributed by atoms with E-state index in [9.17, 15) is 14.0 Å². The van der Waals surface area contributed by atoms with Gasteiger partial charge in [0.05, 0.1) is 5.25 Å². The van der Waals surface area contributed by atoms with Crippen LogP contribution in [0.5, 0.6) is 0 Å². The highest BCUT2D eigenvalue weighted by Crippen LogP contribution is 2.49. The van der Waals surface area contributed by atoms with Crippen molar-refractivity contribution in [1.82, 2.24) is 10.6 Å². The highest BCUT2D eigenvalue weighted by Gasteiger charge is 2.42. The average Bonchev–Trinajstić information content (AvgIpc) is 3.28. The molecule has 2 N–H and O–H groups in total. The number of thioether (sulfide) groups is 1. The summed E-state index contributed by atoms with van der Waals surface area (Å²) in [7, 11) is 0. The van der Waals surface area contributed by atoms with Gasteiger partial charge in [-0.05, 0) is 68.1 Å². The number of carbonyl (C=O) groups excluding carboxylic acids is 2. The Bertz CT molecular complexity index is 711. The highest BCUT2D eigenvalue weighted by molar-refractivity contribution is 8.00. The van der Waals surface area contributed by atoms with E-state index in [0.29, 0.717) is 18.1 Å². The van der Waals surface area contributed by atoms with Crippen LogP contribution >= 0.6 is 11.8 Å². The number of fused-ring (bicyclic) bond motifs is 2. The Balaban J connectivity index is 1.28. The Morgan fingerprint density at radius 1 is 1.30 bits per heavy atom. The zero-order chi connectivity index (χ0) is 19.0. The summed E-state index contributed by atoms with van der Waals surface area (Å²) in [6.45, 7) is 2.11. The highest BCUT2D eigenvalue weighted by atomic mass is 32.2. The van der Waals surface area contributed by atoms with Crippen LogP contribution in [0.1, 0.15) is 38.2 Å². The van der Waals surface area contributed by atoms with Crippen molar-refractivity contribution in [3.05, 3.63) is 35.6 Å². The molecule has 0 aromatic heterocycles. The first-order valence-electron chi connectivity index (χ1n) is 9.96. The lowest BCUT2D eigenvalue weighted by Gasteiger charge is -2.32. The van der Waals surface area contributed by atoms with Crippen molar-refractivity contribution in [3.8, 4) is 0 Å². The average molecular weight is 391 g/mol. The van der Waals surface area contributed by atoms with E-state index < -0.39 is 6.04 Å². The van der Waals surface area contributed by atoms with Crippen LogP contribution in [0.2, 0.25) is 0 Å². The van der Waals surface area contributed by atoms with Crippen LogP contribution in [-0.2, 0) is 16.0 Å². The van der Waals surface area contributed by atoms with Gasteiger partial charge in [-0.1, -0.05) is 18.6 Å². The van der Waals surface area contributed by atoms with Crippen molar-refractivity contribution < 1.29 is 14.0 Å². The minimum Gasteiger partial charge on any atom is -0.352 e. The molecule has 3 aliphatic rings. The third-order valence-electron chi connectivity index (χ3n) is 6.53. The lowest BCUT2D eigenvalue weighted by Crippen LogP contribution is -2.56. The third-order valence-corrected chi connectivity index (χ3v) is 7.84. The fourth-order valence-corrected chi connectivity index (χ4v) is 6.25. The number of halogens is 1. The maximum absolute atomic E-state index is 13.0. The van der Waals surface area contributed by atoms with E-state index in [4.69, 9.17) is 0 Å². The lowest BCUT2D eigenvalue weighted by molar-refractivity contribution is -0.129. The third kappa shape index (κ3) is 4.15. The summed E-state index contributed by atoms with van der Waals surface area (Å²) in [5, 5.41) is 5.81. The SMILES string of the molecule is C[C@H](NC(=O)[C@@H]1CS[C@H](Cc2ccc(F)cc2)C(=O)N1)[C@H]1C[C@@H]2CC[C@@H]1C2. The molecule has 0 radical (unpaired) electrons. The number of benzene rings is 1. The maximum Gasteiger partial charge on any atom is 0.243 e. The van der Waals surface area contributed by atoms with Gasteiger partial charge in [-0.25, -0.2) is 4.39 Å². The normalized spacial score (nSPS) is 33.6. The molecule has 6 atom stereocenters. The van der Waals surface area contributed by atoms with E-state index in [1.165, 1.54) is 49.6 Å². The molecule has 1 aliphatic heterocycles. The van der Waals surface area contributed by atoms with Crippen LogP contribution in [0.4, 0.5) is 4.39 Å². The van der Waals surface area contributed by atoms with Crippen molar-refractivity contribution >= 4 is 23.6 Å². The van der Waals surface area contributed by atoms with Crippen molar-refractivity contribution in [2.45, 2.75) is 56.4 Å². The van der Waals surface area contributed by atoms with E-state index >= 15 is 0 Å². The van der Waals surface area contributed by atoms with Crippen molar-refractivity contribution in [1.29, 1.82) is 0 Å². The molecule has 4 nitrogen and oxygen atoms in total. The van der Waals surface area contributed by atoms with Gasteiger partial charge in [0, 0.05) is 11.8 Å². The van der Waals surface area contributed by atoms with Gasteiger partial charge in [0.15, 0.2) is 0 Å². The molecule has 0 spiro atoms.